The Morgan fingerprint density at radius 2 is 1.56 bits per heavy atom. The van der Waals surface area contributed by atoms with Gasteiger partial charge in [0.05, 0.1) is 28.1 Å². The Morgan fingerprint density at radius 1 is 0.906 bits per heavy atom. The SMILES string of the molecule is CS(=O)(=O)c1ccc(CN2C(=O)c3ccc(C(=O)OCc4ccncc4)cc3C2=O)cc1. The van der Waals surface area contributed by atoms with Crippen molar-refractivity contribution >= 4 is 27.6 Å². The van der Waals surface area contributed by atoms with Crippen LogP contribution >= 0.6 is 0 Å². The third-order valence-corrected chi connectivity index (χ3v) is 6.15. The summed E-state index contributed by atoms with van der Waals surface area (Å²) >= 11 is 0. The van der Waals surface area contributed by atoms with Crippen LogP contribution in [0.3, 0.4) is 0 Å². The fraction of sp³-hybridized carbons (Fsp3) is 0.130. The molecule has 162 valence electrons. The number of fused-ring (bicyclic) bond motifs is 1. The van der Waals surface area contributed by atoms with Crippen molar-refractivity contribution in [3.63, 3.8) is 0 Å². The molecule has 1 aliphatic heterocycles. The monoisotopic (exact) mass is 450 g/mol. The van der Waals surface area contributed by atoms with E-state index in [9.17, 15) is 22.8 Å². The second-order valence-electron chi connectivity index (χ2n) is 7.30. The van der Waals surface area contributed by atoms with Gasteiger partial charge in [-0.15, -0.1) is 0 Å². The van der Waals surface area contributed by atoms with Gasteiger partial charge in [0.2, 0.25) is 0 Å². The number of hydrogen-bond acceptors (Lipinski definition) is 7. The summed E-state index contributed by atoms with van der Waals surface area (Å²) in [5, 5.41) is 0. The van der Waals surface area contributed by atoms with E-state index in [0.717, 1.165) is 16.7 Å². The van der Waals surface area contributed by atoms with Crippen molar-refractivity contribution in [1.82, 2.24) is 9.88 Å². The second-order valence-corrected chi connectivity index (χ2v) is 9.32. The first kappa shape index (κ1) is 21.4. The van der Waals surface area contributed by atoms with E-state index in [0.29, 0.717) is 5.56 Å². The number of nitrogens with zero attached hydrogens (tertiary/aromatic N) is 2. The zero-order valence-corrected chi connectivity index (χ0v) is 17.8. The molecule has 0 aliphatic carbocycles. The van der Waals surface area contributed by atoms with Crippen LogP contribution in [0.15, 0.2) is 71.9 Å². The molecule has 32 heavy (non-hydrogen) atoms. The van der Waals surface area contributed by atoms with E-state index in [1.807, 2.05) is 0 Å². The summed E-state index contributed by atoms with van der Waals surface area (Å²) in [4.78, 5) is 43.1. The van der Waals surface area contributed by atoms with Crippen LogP contribution in [0.25, 0.3) is 0 Å². The van der Waals surface area contributed by atoms with Crippen LogP contribution in [0.2, 0.25) is 0 Å². The number of carbonyl (C=O) groups excluding carboxylic acids is 3. The number of hydrogen-bond donors (Lipinski definition) is 0. The molecule has 0 fully saturated rings. The number of ether oxygens (including phenoxy) is 1. The molecule has 1 aliphatic rings. The third-order valence-electron chi connectivity index (χ3n) is 5.02. The predicted molar refractivity (Wildman–Crippen MR) is 114 cm³/mol. The normalized spacial score (nSPS) is 13.2. The predicted octanol–water partition coefficient (Wildman–Crippen LogP) is 2.64. The molecule has 2 amide bonds. The van der Waals surface area contributed by atoms with Crippen LogP contribution in [-0.2, 0) is 27.7 Å². The van der Waals surface area contributed by atoms with Crippen molar-refractivity contribution in [3.05, 3.63) is 94.8 Å². The fourth-order valence-electron chi connectivity index (χ4n) is 3.30. The van der Waals surface area contributed by atoms with Crippen LogP contribution in [0.5, 0.6) is 0 Å². The maximum atomic E-state index is 12.8. The molecule has 0 radical (unpaired) electrons. The van der Waals surface area contributed by atoms with Crippen LogP contribution < -0.4 is 0 Å². The van der Waals surface area contributed by atoms with E-state index in [1.165, 1.54) is 30.3 Å². The molecule has 0 spiro atoms. The highest BCUT2D eigenvalue weighted by molar-refractivity contribution is 7.90. The second kappa shape index (κ2) is 8.35. The molecule has 2 aromatic carbocycles. The number of amides is 2. The lowest BCUT2D eigenvalue weighted by Crippen LogP contribution is -2.29. The van der Waals surface area contributed by atoms with E-state index in [-0.39, 0.29) is 34.7 Å². The van der Waals surface area contributed by atoms with E-state index < -0.39 is 27.6 Å². The maximum Gasteiger partial charge on any atom is 0.338 e. The highest BCUT2D eigenvalue weighted by Crippen LogP contribution is 2.26. The first-order chi connectivity index (χ1) is 15.2. The Balaban J connectivity index is 1.49. The highest BCUT2D eigenvalue weighted by Gasteiger charge is 2.36. The van der Waals surface area contributed by atoms with E-state index in [2.05, 4.69) is 4.98 Å². The zero-order valence-electron chi connectivity index (χ0n) is 17.0. The van der Waals surface area contributed by atoms with Gasteiger partial charge in [-0.25, -0.2) is 13.2 Å². The van der Waals surface area contributed by atoms with Crippen LogP contribution in [0.4, 0.5) is 0 Å². The number of sulfone groups is 1. The lowest BCUT2D eigenvalue weighted by molar-refractivity contribution is 0.0472. The number of imide groups is 1. The molecule has 0 N–H and O–H groups in total. The van der Waals surface area contributed by atoms with Gasteiger partial charge in [-0.1, -0.05) is 12.1 Å². The summed E-state index contributed by atoms with van der Waals surface area (Å²) in [7, 11) is -3.34. The molecule has 2 heterocycles. The fourth-order valence-corrected chi connectivity index (χ4v) is 3.93. The Labute approximate surface area is 184 Å². The van der Waals surface area contributed by atoms with E-state index >= 15 is 0 Å². The third kappa shape index (κ3) is 4.28. The molecule has 3 aromatic rings. The number of esters is 1. The summed E-state index contributed by atoms with van der Waals surface area (Å²) < 4.78 is 28.5. The molecule has 0 saturated heterocycles. The first-order valence-electron chi connectivity index (χ1n) is 9.59. The van der Waals surface area contributed by atoms with Gasteiger partial charge in [-0.05, 0) is 53.6 Å². The van der Waals surface area contributed by atoms with Crippen molar-refractivity contribution in [2.45, 2.75) is 18.0 Å². The highest BCUT2D eigenvalue weighted by atomic mass is 32.2. The standard InChI is InChI=1S/C23H18N2O6S/c1-32(29,30)18-5-2-15(3-6-18)13-25-21(26)19-7-4-17(12-20(19)22(25)27)23(28)31-14-16-8-10-24-11-9-16/h2-12H,13-14H2,1H3. The number of benzene rings is 2. The molecule has 1 aromatic heterocycles. The molecule has 0 unspecified atom stereocenters. The summed E-state index contributed by atoms with van der Waals surface area (Å²) in [5.41, 5.74) is 1.87. The number of aromatic nitrogens is 1. The summed E-state index contributed by atoms with van der Waals surface area (Å²) in [5.74, 6) is -1.62. The van der Waals surface area contributed by atoms with Crippen LogP contribution in [-0.4, -0.2) is 42.3 Å². The van der Waals surface area contributed by atoms with Gasteiger partial charge in [0.25, 0.3) is 11.8 Å². The van der Waals surface area contributed by atoms with E-state index in [4.69, 9.17) is 4.74 Å². The summed E-state index contributed by atoms with van der Waals surface area (Å²) in [6.07, 6.45) is 4.28. The van der Waals surface area contributed by atoms with Crippen molar-refractivity contribution in [2.75, 3.05) is 6.26 Å². The maximum absolute atomic E-state index is 12.8. The minimum atomic E-state index is -3.34. The Morgan fingerprint density at radius 3 is 2.22 bits per heavy atom. The van der Waals surface area contributed by atoms with Gasteiger partial charge >= 0.3 is 5.97 Å². The minimum absolute atomic E-state index is 0.0157. The Kier molecular flexibility index (Phi) is 5.58. The zero-order chi connectivity index (χ0) is 22.9. The van der Waals surface area contributed by atoms with Gasteiger partial charge in [0, 0.05) is 18.6 Å². The quantitative estimate of drug-likeness (QED) is 0.419. The van der Waals surface area contributed by atoms with Crippen molar-refractivity contribution in [3.8, 4) is 0 Å². The van der Waals surface area contributed by atoms with Gasteiger partial charge in [0.15, 0.2) is 9.84 Å². The number of rotatable bonds is 6. The Hall–Kier alpha value is -3.85. The average molecular weight is 450 g/mol. The lowest BCUT2D eigenvalue weighted by atomic mass is 10.1. The molecule has 4 rings (SSSR count). The first-order valence-corrected chi connectivity index (χ1v) is 11.5. The molecular weight excluding hydrogens is 432 g/mol. The Bertz CT molecular complexity index is 1320. The van der Waals surface area contributed by atoms with Crippen LogP contribution in [0.1, 0.15) is 42.2 Å². The van der Waals surface area contributed by atoms with Gasteiger partial charge < -0.3 is 4.74 Å². The van der Waals surface area contributed by atoms with Crippen molar-refractivity contribution < 1.29 is 27.5 Å². The minimum Gasteiger partial charge on any atom is -0.457 e. The summed E-state index contributed by atoms with van der Waals surface area (Å²) in [6, 6.07) is 13.7. The molecule has 8 nitrogen and oxygen atoms in total. The van der Waals surface area contributed by atoms with Crippen LogP contribution in [0, 0.1) is 0 Å². The average Bonchev–Trinajstić information content (AvgIpc) is 3.02. The van der Waals surface area contributed by atoms with Gasteiger partial charge in [0.1, 0.15) is 6.61 Å². The largest absolute Gasteiger partial charge is 0.457 e. The molecule has 9 heteroatoms. The van der Waals surface area contributed by atoms with Crippen molar-refractivity contribution in [2.24, 2.45) is 0 Å². The number of carbonyl (C=O) groups is 3. The smallest absolute Gasteiger partial charge is 0.338 e. The van der Waals surface area contributed by atoms with E-state index in [1.54, 1.807) is 36.7 Å². The number of pyridine rings is 1. The summed E-state index contributed by atoms with van der Waals surface area (Å²) in [6.45, 7) is 0.0408. The van der Waals surface area contributed by atoms with Gasteiger partial charge in [-0.3, -0.25) is 19.5 Å². The molecular formula is C23H18N2O6S. The topological polar surface area (TPSA) is 111 Å². The molecule has 0 saturated carbocycles. The van der Waals surface area contributed by atoms with Gasteiger partial charge in [-0.2, -0.15) is 0 Å². The molecule has 0 atom stereocenters. The molecule has 0 bridgehead atoms. The lowest BCUT2D eigenvalue weighted by Gasteiger charge is -2.14. The van der Waals surface area contributed by atoms with Crippen molar-refractivity contribution in [1.29, 1.82) is 0 Å².